The third kappa shape index (κ3) is 23.8. The van der Waals surface area contributed by atoms with Gasteiger partial charge in [0, 0.05) is 52.9 Å². The zero-order valence-electron chi connectivity index (χ0n) is 52.1. The van der Waals surface area contributed by atoms with Gasteiger partial charge >= 0.3 is 12.2 Å². The Morgan fingerprint density at radius 1 is 0.681 bits per heavy atom. The van der Waals surface area contributed by atoms with Crippen molar-refractivity contribution in [2.45, 2.75) is 161 Å². The molecule has 0 unspecified atom stereocenters. The standard InChI is InChI=1S/C32H41FN4O8S.C24H35N3O5.C9H10FNO.CH4/c1-21(38)35-26-17-23(10-11-25(26)33)46(41,42)37(20-32(2,3)13-7-14-34)18-28(39)27(16-22-8-5-4-6-9-22)36-31(40)45-29-19-44-30-24(29)12-15-43-30;1-24(2,10-6-11-25)16-26-14-20(28)19(13-17-7-4-3-5-8-17)27-23(29)32-21-15-31-22-18(21)9-12-30-22;1-6-3-4-8(10)9(5-6)11-7(2)12;/h4-6,8-11,17,24,27-30,39H,7,12-13,15-16,18-20H2,1-3H3,(H,35,38)(H,36,40);3-5,7-8,18-22,26,28H,6,9-10,12-16H2,1-2H3,(H,27,29);3-5H,1-2H3,(H,11,12);1H4/t24-,27-,28+,29-,30+;18-,19-,20+,21-,22+;;/m00../s1. The number of nitrogens with one attached hydrogen (secondary N) is 5. The lowest BCUT2D eigenvalue weighted by Crippen LogP contribution is -2.52. The summed E-state index contributed by atoms with van der Waals surface area (Å²) in [6, 6.07) is 29.2. The zero-order chi connectivity index (χ0) is 65.6. The van der Waals surface area contributed by atoms with E-state index >= 15 is 0 Å². The lowest BCUT2D eigenvalue weighted by atomic mass is 9.88. The number of halogens is 2. The molecule has 0 bridgehead atoms. The summed E-state index contributed by atoms with van der Waals surface area (Å²) in [7, 11) is -4.39. The van der Waals surface area contributed by atoms with E-state index in [9.17, 15) is 46.6 Å². The fraction of sp³-hybridized carbons (Fsp3) is 0.545. The molecule has 91 heavy (non-hydrogen) atoms. The third-order valence-electron chi connectivity index (χ3n) is 15.7. The highest BCUT2D eigenvalue weighted by molar-refractivity contribution is 7.89. The van der Waals surface area contributed by atoms with Crippen LogP contribution in [0.5, 0.6) is 0 Å². The van der Waals surface area contributed by atoms with Crippen LogP contribution >= 0.6 is 0 Å². The summed E-state index contributed by atoms with van der Waals surface area (Å²) < 4.78 is 90.0. The second-order valence-electron chi connectivity index (χ2n) is 24.5. The fourth-order valence-electron chi connectivity index (χ4n) is 10.8. The molecule has 8 rings (SSSR count). The van der Waals surface area contributed by atoms with Gasteiger partial charge < -0.3 is 65.2 Å². The van der Waals surface area contributed by atoms with Crippen molar-refractivity contribution in [3.63, 3.8) is 0 Å². The number of amides is 4. The first-order valence-electron chi connectivity index (χ1n) is 30.2. The number of alkyl carbamates (subject to hydrolysis) is 2. The number of carbonyl (C=O) groups is 4. The number of aliphatic hydroxyl groups excluding tert-OH is 2. The largest absolute Gasteiger partial charge is 0.443 e. The molecule has 4 aliphatic rings. The predicted molar refractivity (Wildman–Crippen MR) is 336 cm³/mol. The molecule has 4 saturated heterocycles. The van der Waals surface area contributed by atoms with E-state index in [2.05, 4.69) is 52.6 Å². The first kappa shape index (κ1) is 74.6. The van der Waals surface area contributed by atoms with E-state index in [4.69, 9.17) is 38.9 Å². The first-order valence-corrected chi connectivity index (χ1v) is 31.6. The summed E-state index contributed by atoms with van der Waals surface area (Å²) in [5.41, 5.74) is 1.88. The lowest BCUT2D eigenvalue weighted by Gasteiger charge is -2.35. The van der Waals surface area contributed by atoms with Gasteiger partial charge in [0.2, 0.25) is 21.8 Å². The monoisotopic (exact) mass is 1290 g/mol. The van der Waals surface area contributed by atoms with Gasteiger partial charge in [-0.1, -0.05) is 102 Å². The predicted octanol–water partition coefficient (Wildman–Crippen LogP) is 8.66. The topological polar surface area (TPSA) is 309 Å². The second kappa shape index (κ2) is 35.6. The number of aliphatic hydroxyl groups is 2. The number of nitriles is 2. The maximum Gasteiger partial charge on any atom is 0.407 e. The summed E-state index contributed by atoms with van der Waals surface area (Å²) in [5.74, 6) is -2.10. The molecule has 4 fully saturated rings. The minimum absolute atomic E-state index is 0. The van der Waals surface area contributed by atoms with Crippen molar-refractivity contribution in [2.75, 3.05) is 63.2 Å². The molecule has 0 radical (unpaired) electrons. The van der Waals surface area contributed by atoms with E-state index < -0.39 is 88.4 Å². The third-order valence-corrected chi connectivity index (χ3v) is 17.5. The molecule has 4 aromatic carbocycles. The Labute approximate surface area is 533 Å². The van der Waals surface area contributed by atoms with Gasteiger partial charge in [0.15, 0.2) is 12.6 Å². The average Bonchev–Trinajstić information content (AvgIpc) is 1.23. The highest BCUT2D eigenvalue weighted by Crippen LogP contribution is 2.35. The average molecular weight is 1290 g/mol. The summed E-state index contributed by atoms with van der Waals surface area (Å²) in [4.78, 5) is 47.7. The number of aryl methyl sites for hydroxylation is 1. The van der Waals surface area contributed by atoms with Crippen molar-refractivity contribution < 1.29 is 75.0 Å². The van der Waals surface area contributed by atoms with E-state index in [-0.39, 0.29) is 85.2 Å². The van der Waals surface area contributed by atoms with Crippen LogP contribution < -0.4 is 26.6 Å². The molecular weight excluding hydrogens is 1200 g/mol. The number of sulfonamides is 1. The molecule has 0 saturated carbocycles. The molecule has 0 aromatic heterocycles. The van der Waals surface area contributed by atoms with Gasteiger partial charge in [-0.3, -0.25) is 9.59 Å². The van der Waals surface area contributed by atoms with Crippen molar-refractivity contribution in [3.05, 3.63) is 125 Å². The molecule has 22 nitrogen and oxygen atoms in total. The minimum Gasteiger partial charge on any atom is -0.443 e. The minimum atomic E-state index is -4.39. The van der Waals surface area contributed by atoms with E-state index in [0.29, 0.717) is 58.6 Å². The molecule has 498 valence electrons. The van der Waals surface area contributed by atoms with Crippen LogP contribution in [0, 0.1) is 63.9 Å². The Morgan fingerprint density at radius 2 is 1.14 bits per heavy atom. The molecule has 0 aliphatic carbocycles. The van der Waals surface area contributed by atoms with Crippen molar-refractivity contribution in [2.24, 2.45) is 22.7 Å². The zero-order valence-corrected chi connectivity index (χ0v) is 52.9. The highest BCUT2D eigenvalue weighted by Gasteiger charge is 2.46. The van der Waals surface area contributed by atoms with Gasteiger partial charge in [0.05, 0.1) is 91.0 Å². The molecule has 4 aliphatic heterocycles. The Kier molecular flexibility index (Phi) is 29.2. The first-order chi connectivity index (χ1) is 42.8. The SMILES string of the molecule is C.CC(=O)Nc1cc(C)ccc1F.CC(=O)Nc1cc(S(=O)(=O)N(C[C@@H](O)[C@H](Cc2ccccc2)NC(=O)O[C@H]2CO[C@H]3OCC[C@H]32)CC(C)(C)CCC#N)ccc1F.CC(C)(CCC#N)CNC[C@@H](O)[C@H](Cc1ccccc1)NC(=O)O[C@H]1CO[C@H]2OCC[C@H]21. The molecular formula is C66H90F2N8O14S. The fourth-order valence-corrected chi connectivity index (χ4v) is 12.5. The van der Waals surface area contributed by atoms with Gasteiger partial charge in [0.1, 0.15) is 23.8 Å². The van der Waals surface area contributed by atoms with Crippen molar-refractivity contribution in [1.29, 1.82) is 10.5 Å². The van der Waals surface area contributed by atoms with E-state index in [1.807, 2.05) is 67.6 Å². The van der Waals surface area contributed by atoms with E-state index in [1.54, 1.807) is 26.0 Å². The van der Waals surface area contributed by atoms with Crippen molar-refractivity contribution in [1.82, 2.24) is 20.3 Å². The van der Waals surface area contributed by atoms with E-state index in [1.165, 1.54) is 19.9 Å². The van der Waals surface area contributed by atoms with E-state index in [0.717, 1.165) is 52.0 Å². The number of nitrogens with zero attached hydrogens (tertiary/aromatic N) is 3. The van der Waals surface area contributed by atoms with Crippen LogP contribution in [0.3, 0.4) is 0 Å². The Balaban J connectivity index is 0.000000288. The van der Waals surface area contributed by atoms with Gasteiger partial charge in [-0.05, 0) is 103 Å². The van der Waals surface area contributed by atoms with Gasteiger partial charge in [0.25, 0.3) is 0 Å². The van der Waals surface area contributed by atoms with Gasteiger partial charge in [-0.25, -0.2) is 26.8 Å². The second-order valence-corrected chi connectivity index (χ2v) is 26.5. The number of hydrogen-bond donors (Lipinski definition) is 7. The molecule has 10 atom stereocenters. The summed E-state index contributed by atoms with van der Waals surface area (Å²) in [6.45, 7) is 14.2. The molecule has 4 heterocycles. The number of anilines is 2. The number of carbonyl (C=O) groups excluding carboxylic acids is 4. The summed E-state index contributed by atoms with van der Waals surface area (Å²) in [5, 5.41) is 54.0. The molecule has 4 amide bonds. The van der Waals surface area contributed by atoms with Crippen LogP contribution in [0.4, 0.5) is 29.7 Å². The Hall–Kier alpha value is -7.17. The number of ether oxygens (including phenoxy) is 6. The molecule has 25 heteroatoms. The van der Waals surface area contributed by atoms with Crippen molar-refractivity contribution >= 4 is 45.4 Å². The van der Waals surface area contributed by atoms with Crippen LogP contribution in [-0.2, 0) is 60.9 Å². The maximum atomic E-state index is 14.4. The number of fused-ring (bicyclic) bond motifs is 2. The quantitative estimate of drug-likeness (QED) is 0.0309. The Morgan fingerprint density at radius 3 is 1.63 bits per heavy atom. The lowest BCUT2D eigenvalue weighted by molar-refractivity contribution is -0.115. The highest BCUT2D eigenvalue weighted by atomic mass is 32.2. The van der Waals surface area contributed by atoms with Crippen LogP contribution in [-0.4, -0.2) is 149 Å². The molecule has 7 N–H and O–H groups in total. The normalized spacial score (nSPS) is 20.4. The van der Waals surface area contributed by atoms with Crippen LogP contribution in [0.15, 0.2) is 102 Å². The van der Waals surface area contributed by atoms with Gasteiger partial charge in [-0.2, -0.15) is 14.8 Å². The number of benzene rings is 4. The van der Waals surface area contributed by atoms with Crippen LogP contribution in [0.1, 0.15) is 104 Å². The van der Waals surface area contributed by atoms with Crippen LogP contribution in [0.2, 0.25) is 0 Å². The summed E-state index contributed by atoms with van der Waals surface area (Å²) in [6.07, 6.45) is -1.22. The van der Waals surface area contributed by atoms with Crippen molar-refractivity contribution in [3.8, 4) is 12.1 Å². The smallest absolute Gasteiger partial charge is 0.407 e. The van der Waals surface area contributed by atoms with Crippen LogP contribution in [0.25, 0.3) is 0 Å². The number of hydrogen-bond acceptors (Lipinski definition) is 17. The van der Waals surface area contributed by atoms with Gasteiger partial charge in [-0.15, -0.1) is 0 Å². The molecule has 0 spiro atoms. The maximum absolute atomic E-state index is 14.4. The summed E-state index contributed by atoms with van der Waals surface area (Å²) >= 11 is 0. The Bertz CT molecular complexity index is 3190. The molecule has 4 aromatic rings. The number of rotatable bonds is 26.